The Labute approximate surface area is 101 Å². The fourth-order valence-corrected chi connectivity index (χ4v) is 1.49. The van der Waals surface area contributed by atoms with Crippen LogP contribution in [0.15, 0.2) is 22.8 Å². The van der Waals surface area contributed by atoms with Gasteiger partial charge >= 0.3 is 0 Å². The molecule has 0 saturated heterocycles. The highest BCUT2D eigenvalue weighted by atomic mass is 16.5. The predicted octanol–water partition coefficient (Wildman–Crippen LogP) is 0.691. The lowest BCUT2D eigenvalue weighted by atomic mass is 10.1. The van der Waals surface area contributed by atoms with Crippen molar-refractivity contribution in [2.24, 2.45) is 5.73 Å². The zero-order valence-corrected chi connectivity index (χ0v) is 10.3. The summed E-state index contributed by atoms with van der Waals surface area (Å²) >= 11 is 0. The number of aryl methyl sites for hydroxylation is 1. The highest BCUT2D eigenvalue weighted by Gasteiger charge is 2.15. The third kappa shape index (κ3) is 5.01. The standard InChI is InChI=1S/C12H20N2O3/c1-9(5-6-10-4-3-7-17-10)14-12(15)11(13)8-16-2/h3-4,7,9,11H,5-6,8,13H2,1-2H3,(H,14,15). The molecular formula is C12H20N2O3. The maximum atomic E-state index is 11.6. The molecule has 0 aliphatic rings. The van der Waals surface area contributed by atoms with E-state index in [0.29, 0.717) is 0 Å². The molecule has 17 heavy (non-hydrogen) atoms. The van der Waals surface area contributed by atoms with Gasteiger partial charge in [0, 0.05) is 19.6 Å². The maximum absolute atomic E-state index is 11.6. The van der Waals surface area contributed by atoms with Gasteiger partial charge in [0.25, 0.3) is 0 Å². The Morgan fingerprint density at radius 1 is 1.65 bits per heavy atom. The summed E-state index contributed by atoms with van der Waals surface area (Å²) in [5.41, 5.74) is 5.61. The first-order valence-electron chi connectivity index (χ1n) is 5.70. The molecule has 5 nitrogen and oxygen atoms in total. The van der Waals surface area contributed by atoms with E-state index in [-0.39, 0.29) is 18.6 Å². The zero-order valence-electron chi connectivity index (χ0n) is 10.3. The smallest absolute Gasteiger partial charge is 0.239 e. The van der Waals surface area contributed by atoms with Gasteiger partial charge in [0.1, 0.15) is 11.8 Å². The topological polar surface area (TPSA) is 77.5 Å². The quantitative estimate of drug-likeness (QED) is 0.735. The summed E-state index contributed by atoms with van der Waals surface area (Å²) < 4.78 is 10.0. The Hall–Kier alpha value is -1.33. The highest BCUT2D eigenvalue weighted by Crippen LogP contribution is 2.05. The van der Waals surface area contributed by atoms with Crippen LogP contribution in [0.1, 0.15) is 19.1 Å². The number of methoxy groups -OCH3 is 1. The van der Waals surface area contributed by atoms with E-state index in [4.69, 9.17) is 14.9 Å². The molecule has 0 spiro atoms. The van der Waals surface area contributed by atoms with E-state index < -0.39 is 6.04 Å². The molecule has 1 aromatic rings. The van der Waals surface area contributed by atoms with E-state index in [1.165, 1.54) is 7.11 Å². The van der Waals surface area contributed by atoms with Crippen molar-refractivity contribution >= 4 is 5.91 Å². The normalized spacial score (nSPS) is 14.3. The molecule has 0 aromatic carbocycles. The van der Waals surface area contributed by atoms with Gasteiger partial charge in [-0.1, -0.05) is 0 Å². The SMILES string of the molecule is COCC(N)C(=O)NC(C)CCc1ccco1. The molecule has 0 radical (unpaired) electrons. The van der Waals surface area contributed by atoms with Gasteiger partial charge < -0.3 is 20.2 Å². The number of carbonyl (C=O) groups is 1. The molecule has 1 aromatic heterocycles. The first kappa shape index (κ1) is 13.7. The lowest BCUT2D eigenvalue weighted by Gasteiger charge is -2.16. The molecule has 0 fully saturated rings. The van der Waals surface area contributed by atoms with E-state index >= 15 is 0 Å². The van der Waals surface area contributed by atoms with Gasteiger partial charge in [-0.2, -0.15) is 0 Å². The van der Waals surface area contributed by atoms with E-state index in [0.717, 1.165) is 18.6 Å². The Morgan fingerprint density at radius 2 is 2.41 bits per heavy atom. The fraction of sp³-hybridized carbons (Fsp3) is 0.583. The molecule has 3 N–H and O–H groups in total. The van der Waals surface area contributed by atoms with Crippen molar-refractivity contribution < 1.29 is 13.9 Å². The molecule has 1 heterocycles. The number of furan rings is 1. The number of hydrogen-bond donors (Lipinski definition) is 2. The van der Waals surface area contributed by atoms with Crippen LogP contribution in [0.25, 0.3) is 0 Å². The number of nitrogens with two attached hydrogens (primary N) is 1. The Kier molecular flexibility index (Phi) is 5.72. The summed E-state index contributed by atoms with van der Waals surface area (Å²) in [4.78, 5) is 11.6. The summed E-state index contributed by atoms with van der Waals surface area (Å²) in [5.74, 6) is 0.742. The fourth-order valence-electron chi connectivity index (χ4n) is 1.49. The molecule has 2 atom stereocenters. The number of carbonyl (C=O) groups excluding carboxylic acids is 1. The summed E-state index contributed by atoms with van der Waals surface area (Å²) in [7, 11) is 1.52. The molecule has 5 heteroatoms. The number of nitrogens with one attached hydrogen (secondary N) is 1. The number of ether oxygens (including phenoxy) is 1. The van der Waals surface area contributed by atoms with E-state index in [1.807, 2.05) is 19.1 Å². The third-order valence-corrected chi connectivity index (χ3v) is 2.48. The van der Waals surface area contributed by atoms with Crippen molar-refractivity contribution in [3.05, 3.63) is 24.2 Å². The average molecular weight is 240 g/mol. The Balaban J connectivity index is 2.24. The third-order valence-electron chi connectivity index (χ3n) is 2.48. The second kappa shape index (κ2) is 7.09. The van der Waals surface area contributed by atoms with Gasteiger partial charge in [-0.15, -0.1) is 0 Å². The van der Waals surface area contributed by atoms with Crippen LogP contribution in [0.5, 0.6) is 0 Å². The van der Waals surface area contributed by atoms with Crippen LogP contribution in [-0.4, -0.2) is 31.7 Å². The largest absolute Gasteiger partial charge is 0.469 e. The molecule has 0 saturated carbocycles. The number of amides is 1. The minimum atomic E-state index is -0.605. The van der Waals surface area contributed by atoms with Gasteiger partial charge in [0.15, 0.2) is 0 Å². The van der Waals surface area contributed by atoms with Crippen LogP contribution in [0, 0.1) is 0 Å². The average Bonchev–Trinajstić information content (AvgIpc) is 2.79. The van der Waals surface area contributed by atoms with Crippen molar-refractivity contribution in [2.75, 3.05) is 13.7 Å². The minimum absolute atomic E-state index is 0.0653. The van der Waals surface area contributed by atoms with Gasteiger partial charge in [-0.25, -0.2) is 0 Å². The first-order valence-corrected chi connectivity index (χ1v) is 5.70. The zero-order chi connectivity index (χ0) is 12.7. The van der Waals surface area contributed by atoms with E-state index in [2.05, 4.69) is 5.32 Å². The molecule has 1 amide bonds. The van der Waals surface area contributed by atoms with Crippen LogP contribution < -0.4 is 11.1 Å². The Bertz CT molecular complexity index is 325. The van der Waals surface area contributed by atoms with Crippen LogP contribution in [0.2, 0.25) is 0 Å². The first-order chi connectivity index (χ1) is 8.13. The van der Waals surface area contributed by atoms with Crippen molar-refractivity contribution in [1.29, 1.82) is 0 Å². The summed E-state index contributed by atoms with van der Waals surface area (Å²) in [6, 6.07) is 3.24. The van der Waals surface area contributed by atoms with Gasteiger partial charge in [-0.05, 0) is 25.5 Å². The monoisotopic (exact) mass is 240 g/mol. The van der Waals surface area contributed by atoms with E-state index in [9.17, 15) is 4.79 Å². The van der Waals surface area contributed by atoms with Crippen LogP contribution >= 0.6 is 0 Å². The second-order valence-electron chi connectivity index (χ2n) is 4.09. The summed E-state index contributed by atoms with van der Waals surface area (Å²) in [5, 5.41) is 2.84. The molecule has 1 rings (SSSR count). The lowest BCUT2D eigenvalue weighted by Crippen LogP contribution is -2.46. The van der Waals surface area contributed by atoms with Crippen molar-refractivity contribution in [3.8, 4) is 0 Å². The predicted molar refractivity (Wildman–Crippen MR) is 64.5 cm³/mol. The minimum Gasteiger partial charge on any atom is -0.469 e. The van der Waals surface area contributed by atoms with Crippen LogP contribution in [0.3, 0.4) is 0 Å². The molecular weight excluding hydrogens is 220 g/mol. The molecule has 0 bridgehead atoms. The van der Waals surface area contributed by atoms with Crippen molar-refractivity contribution in [2.45, 2.75) is 31.8 Å². The molecule has 2 unspecified atom stereocenters. The summed E-state index contributed by atoms with van der Waals surface area (Å²) in [6.07, 6.45) is 3.26. The maximum Gasteiger partial charge on any atom is 0.239 e. The Morgan fingerprint density at radius 3 is 3.00 bits per heavy atom. The van der Waals surface area contributed by atoms with Crippen LogP contribution in [-0.2, 0) is 16.0 Å². The highest BCUT2D eigenvalue weighted by molar-refractivity contribution is 5.81. The van der Waals surface area contributed by atoms with Gasteiger partial charge in [0.05, 0.1) is 12.9 Å². The van der Waals surface area contributed by atoms with Gasteiger partial charge in [-0.3, -0.25) is 4.79 Å². The second-order valence-corrected chi connectivity index (χ2v) is 4.09. The van der Waals surface area contributed by atoms with Gasteiger partial charge in [0.2, 0.25) is 5.91 Å². The molecule has 0 aliphatic carbocycles. The number of rotatable bonds is 7. The molecule has 96 valence electrons. The van der Waals surface area contributed by atoms with Crippen molar-refractivity contribution in [3.63, 3.8) is 0 Å². The summed E-state index contributed by atoms with van der Waals surface area (Å²) in [6.45, 7) is 2.18. The van der Waals surface area contributed by atoms with E-state index in [1.54, 1.807) is 6.26 Å². The van der Waals surface area contributed by atoms with Crippen LogP contribution in [0.4, 0.5) is 0 Å². The number of hydrogen-bond acceptors (Lipinski definition) is 4. The van der Waals surface area contributed by atoms with Crippen molar-refractivity contribution in [1.82, 2.24) is 5.32 Å². The molecule has 0 aliphatic heterocycles. The lowest BCUT2D eigenvalue weighted by molar-refractivity contribution is -0.124.